The molecule has 0 saturated carbocycles. The van der Waals surface area contributed by atoms with Gasteiger partial charge in [-0.15, -0.1) is 0 Å². The molecule has 0 bridgehead atoms. The number of H-pyrrole nitrogens is 1. The van der Waals surface area contributed by atoms with Crippen molar-refractivity contribution >= 4 is 27.0 Å². The number of hydrogen-bond donors (Lipinski definition) is 2. The van der Waals surface area contributed by atoms with Crippen molar-refractivity contribution < 1.29 is 4.39 Å². The maximum absolute atomic E-state index is 13.4. The summed E-state index contributed by atoms with van der Waals surface area (Å²) in [5.41, 5.74) is 6.63. The molecule has 1 aromatic carbocycles. The van der Waals surface area contributed by atoms with E-state index in [2.05, 4.69) is 25.9 Å². The van der Waals surface area contributed by atoms with Crippen LogP contribution in [0, 0.1) is 5.82 Å². The minimum Gasteiger partial charge on any atom is -0.341 e. The third-order valence-corrected chi connectivity index (χ3v) is 2.41. The van der Waals surface area contributed by atoms with Crippen molar-refractivity contribution in [3.63, 3.8) is 0 Å². The molecule has 3 nitrogen and oxygen atoms in total. The Balaban J connectivity index is 2.70. The van der Waals surface area contributed by atoms with Crippen molar-refractivity contribution in [1.82, 2.24) is 9.97 Å². The van der Waals surface area contributed by atoms with E-state index in [0.717, 1.165) is 0 Å². The normalized spacial score (nSPS) is 13.4. The molecule has 0 fully saturated rings. The first kappa shape index (κ1) is 9.61. The molecule has 0 spiro atoms. The second-order valence-corrected chi connectivity index (χ2v) is 4.11. The lowest BCUT2D eigenvalue weighted by Gasteiger charge is -1.96. The van der Waals surface area contributed by atoms with Crippen LogP contribution in [0.2, 0.25) is 0 Å². The first-order chi connectivity index (χ1) is 6.58. The van der Waals surface area contributed by atoms with Gasteiger partial charge in [0, 0.05) is 4.47 Å². The summed E-state index contributed by atoms with van der Waals surface area (Å²) >= 11 is 3.21. The highest BCUT2D eigenvalue weighted by Crippen LogP contribution is 2.22. The summed E-state index contributed by atoms with van der Waals surface area (Å²) in [6, 6.07) is 2.94. The summed E-state index contributed by atoms with van der Waals surface area (Å²) in [6.07, 6.45) is 0. The summed E-state index contributed by atoms with van der Waals surface area (Å²) in [7, 11) is 0. The van der Waals surface area contributed by atoms with Crippen LogP contribution in [-0.2, 0) is 0 Å². The molecule has 5 heteroatoms. The van der Waals surface area contributed by atoms with Gasteiger partial charge in [0.1, 0.15) is 11.3 Å². The van der Waals surface area contributed by atoms with Crippen LogP contribution in [-0.4, -0.2) is 9.97 Å². The van der Waals surface area contributed by atoms with Crippen molar-refractivity contribution in [3.05, 3.63) is 28.2 Å². The van der Waals surface area contributed by atoms with Crippen LogP contribution in [0.15, 0.2) is 16.6 Å². The largest absolute Gasteiger partial charge is 0.341 e. The lowest BCUT2D eigenvalue weighted by atomic mass is 10.3. The molecule has 0 unspecified atom stereocenters. The summed E-state index contributed by atoms with van der Waals surface area (Å²) in [6.45, 7) is 1.80. The van der Waals surface area contributed by atoms with E-state index in [9.17, 15) is 4.39 Å². The van der Waals surface area contributed by atoms with Crippen molar-refractivity contribution in [2.75, 3.05) is 0 Å². The van der Waals surface area contributed by atoms with Crippen molar-refractivity contribution in [1.29, 1.82) is 0 Å². The average molecular weight is 258 g/mol. The number of benzene rings is 1. The number of aromatic nitrogens is 2. The topological polar surface area (TPSA) is 54.7 Å². The molecule has 74 valence electrons. The summed E-state index contributed by atoms with van der Waals surface area (Å²) in [5.74, 6) is 0.245. The second-order valence-electron chi connectivity index (χ2n) is 3.19. The molecule has 0 aliphatic heterocycles. The maximum Gasteiger partial charge on any atom is 0.152 e. The number of halogens is 2. The number of fused-ring (bicyclic) bond motifs is 1. The van der Waals surface area contributed by atoms with Crippen molar-refractivity contribution in [2.24, 2.45) is 5.73 Å². The molecule has 0 radical (unpaired) electrons. The van der Waals surface area contributed by atoms with E-state index in [1.54, 1.807) is 13.0 Å². The number of imidazole rings is 1. The molecule has 0 amide bonds. The molecule has 0 aliphatic rings. The Labute approximate surface area is 88.6 Å². The van der Waals surface area contributed by atoms with Gasteiger partial charge in [-0.05, 0) is 19.1 Å². The number of nitrogens with one attached hydrogen (secondary N) is 1. The van der Waals surface area contributed by atoms with Gasteiger partial charge in [-0.2, -0.15) is 0 Å². The fourth-order valence-corrected chi connectivity index (χ4v) is 1.71. The van der Waals surface area contributed by atoms with Gasteiger partial charge < -0.3 is 10.7 Å². The first-order valence-corrected chi connectivity index (χ1v) is 4.97. The minimum absolute atomic E-state index is 0.222. The number of hydrogen-bond acceptors (Lipinski definition) is 2. The van der Waals surface area contributed by atoms with E-state index < -0.39 is 0 Å². The Hall–Kier alpha value is -0.940. The summed E-state index contributed by atoms with van der Waals surface area (Å²) in [5, 5.41) is 0. The zero-order chi connectivity index (χ0) is 10.3. The Morgan fingerprint density at radius 2 is 2.29 bits per heavy atom. The minimum atomic E-state index is -0.350. The Morgan fingerprint density at radius 3 is 2.93 bits per heavy atom. The molecular formula is C9H9BrFN3. The molecule has 0 aliphatic carbocycles. The lowest BCUT2D eigenvalue weighted by Crippen LogP contribution is -2.06. The van der Waals surface area contributed by atoms with Crippen LogP contribution in [0.5, 0.6) is 0 Å². The van der Waals surface area contributed by atoms with Gasteiger partial charge in [0.15, 0.2) is 5.82 Å². The molecule has 1 heterocycles. The third-order valence-electron chi connectivity index (χ3n) is 1.95. The molecule has 0 saturated heterocycles. The number of nitrogens with two attached hydrogens (primary N) is 1. The zero-order valence-electron chi connectivity index (χ0n) is 7.51. The lowest BCUT2D eigenvalue weighted by molar-refractivity contribution is 0.635. The van der Waals surface area contributed by atoms with E-state index in [4.69, 9.17) is 5.73 Å². The maximum atomic E-state index is 13.4. The first-order valence-electron chi connectivity index (χ1n) is 4.18. The van der Waals surface area contributed by atoms with Gasteiger partial charge in [0.05, 0.1) is 11.6 Å². The van der Waals surface area contributed by atoms with E-state index in [1.165, 1.54) is 6.07 Å². The fourth-order valence-electron chi connectivity index (χ4n) is 1.28. The zero-order valence-corrected chi connectivity index (χ0v) is 9.10. The molecule has 2 aromatic rings. The molecule has 3 N–H and O–H groups in total. The standard InChI is InChI=1S/C9H9BrFN3/c1-4(12)9-13-7-3-5(10)2-6(11)8(7)14-9/h2-4H,12H2,1H3,(H,13,14)/t4-/m0/s1. The Bertz CT molecular complexity index is 478. The molecular weight excluding hydrogens is 249 g/mol. The van der Waals surface area contributed by atoms with Crippen LogP contribution < -0.4 is 5.73 Å². The molecule has 1 aromatic heterocycles. The number of rotatable bonds is 1. The quantitative estimate of drug-likeness (QED) is 0.825. The monoisotopic (exact) mass is 257 g/mol. The molecule has 2 rings (SSSR count). The van der Waals surface area contributed by atoms with Crippen LogP contribution >= 0.6 is 15.9 Å². The van der Waals surface area contributed by atoms with E-state index in [0.29, 0.717) is 21.3 Å². The van der Waals surface area contributed by atoms with Gasteiger partial charge in [0.25, 0.3) is 0 Å². The van der Waals surface area contributed by atoms with Gasteiger partial charge in [-0.3, -0.25) is 0 Å². The highest BCUT2D eigenvalue weighted by molar-refractivity contribution is 9.10. The summed E-state index contributed by atoms with van der Waals surface area (Å²) < 4.78 is 14.1. The highest BCUT2D eigenvalue weighted by Gasteiger charge is 2.10. The van der Waals surface area contributed by atoms with Gasteiger partial charge >= 0.3 is 0 Å². The van der Waals surface area contributed by atoms with E-state index in [1.807, 2.05) is 0 Å². The van der Waals surface area contributed by atoms with Crippen LogP contribution in [0.1, 0.15) is 18.8 Å². The highest BCUT2D eigenvalue weighted by atomic mass is 79.9. The smallest absolute Gasteiger partial charge is 0.152 e. The Morgan fingerprint density at radius 1 is 1.57 bits per heavy atom. The van der Waals surface area contributed by atoms with Crippen molar-refractivity contribution in [3.8, 4) is 0 Å². The molecule has 1 atom stereocenters. The summed E-state index contributed by atoms with van der Waals surface area (Å²) in [4.78, 5) is 7.05. The molecule has 14 heavy (non-hydrogen) atoms. The van der Waals surface area contributed by atoms with Crippen molar-refractivity contribution in [2.45, 2.75) is 13.0 Å². The second kappa shape index (κ2) is 3.33. The fraction of sp³-hybridized carbons (Fsp3) is 0.222. The van der Waals surface area contributed by atoms with Gasteiger partial charge in [0.2, 0.25) is 0 Å². The SMILES string of the molecule is C[C@H](N)c1nc2c(F)cc(Br)cc2[nH]1. The van der Waals surface area contributed by atoms with Crippen LogP contribution in [0.3, 0.4) is 0 Å². The van der Waals surface area contributed by atoms with Crippen LogP contribution in [0.4, 0.5) is 4.39 Å². The van der Waals surface area contributed by atoms with Gasteiger partial charge in [-0.25, -0.2) is 9.37 Å². The number of aromatic amines is 1. The number of nitrogens with zero attached hydrogens (tertiary/aromatic N) is 1. The average Bonchev–Trinajstić information content (AvgIpc) is 2.47. The van der Waals surface area contributed by atoms with E-state index >= 15 is 0 Å². The predicted octanol–water partition coefficient (Wildman–Crippen LogP) is 2.48. The third kappa shape index (κ3) is 1.53. The predicted molar refractivity (Wildman–Crippen MR) is 56.4 cm³/mol. The van der Waals surface area contributed by atoms with Crippen LogP contribution in [0.25, 0.3) is 11.0 Å². The van der Waals surface area contributed by atoms with Gasteiger partial charge in [-0.1, -0.05) is 15.9 Å². The Kier molecular flexibility index (Phi) is 2.28. The van der Waals surface area contributed by atoms with E-state index in [-0.39, 0.29) is 11.9 Å².